The Morgan fingerprint density at radius 2 is 2.18 bits per heavy atom. The fraction of sp³-hybridized carbons (Fsp3) is 0.500. The van der Waals surface area contributed by atoms with E-state index in [0.29, 0.717) is 6.61 Å². The summed E-state index contributed by atoms with van der Waals surface area (Å²) in [5, 5.41) is 7.15. The molecule has 0 aliphatic heterocycles. The van der Waals surface area contributed by atoms with Gasteiger partial charge in [0.2, 0.25) is 0 Å². The van der Waals surface area contributed by atoms with Crippen LogP contribution in [0.25, 0.3) is 0 Å². The molecule has 0 spiro atoms. The minimum absolute atomic E-state index is 0.100. The Bertz CT molecular complexity index is 496. The van der Waals surface area contributed by atoms with E-state index in [2.05, 4.69) is 36.2 Å². The predicted molar refractivity (Wildman–Crippen MR) is 68.4 cm³/mol. The van der Waals surface area contributed by atoms with E-state index < -0.39 is 0 Å². The monoisotopic (exact) mass is 251 g/mol. The average molecular weight is 251 g/mol. The van der Waals surface area contributed by atoms with Gasteiger partial charge in [0.25, 0.3) is 0 Å². The molecule has 2 heterocycles. The molecular formula is C12H17N3OS. The molecule has 0 amide bonds. The summed E-state index contributed by atoms with van der Waals surface area (Å²) in [5.41, 5.74) is 1.22. The molecule has 0 aliphatic carbocycles. The van der Waals surface area contributed by atoms with Crippen molar-refractivity contribution in [1.29, 1.82) is 0 Å². The number of hydrogen-bond donors (Lipinski definition) is 0. The van der Waals surface area contributed by atoms with Gasteiger partial charge in [0.05, 0.1) is 18.1 Å². The lowest BCUT2D eigenvalue weighted by Gasteiger charge is -2.14. The lowest BCUT2D eigenvalue weighted by molar-refractivity contribution is 0.304. The van der Waals surface area contributed by atoms with Crippen LogP contribution in [0.15, 0.2) is 17.8 Å². The molecule has 0 radical (unpaired) electrons. The number of ether oxygens (including phenoxy) is 1. The maximum absolute atomic E-state index is 5.60. The smallest absolute Gasteiger partial charge is 0.157 e. The molecule has 0 atom stereocenters. The minimum Gasteiger partial charge on any atom is -0.483 e. The van der Waals surface area contributed by atoms with E-state index >= 15 is 0 Å². The van der Waals surface area contributed by atoms with Gasteiger partial charge in [0.1, 0.15) is 11.6 Å². The van der Waals surface area contributed by atoms with Crippen molar-refractivity contribution < 1.29 is 4.74 Å². The van der Waals surface area contributed by atoms with Crippen molar-refractivity contribution in [3.05, 3.63) is 28.5 Å². The highest BCUT2D eigenvalue weighted by Crippen LogP contribution is 2.24. The highest BCUT2D eigenvalue weighted by atomic mass is 32.1. The summed E-state index contributed by atoms with van der Waals surface area (Å²) in [4.78, 5) is 4.57. The molecule has 17 heavy (non-hydrogen) atoms. The van der Waals surface area contributed by atoms with Crippen LogP contribution in [0.4, 0.5) is 0 Å². The standard InChI is InChI=1S/C12H17N3OS/c1-12(2,3)10-8-17-11(14-10)7-16-9-5-13-15(4)6-9/h5-6,8H,7H2,1-4H3. The Balaban J connectivity index is 1.98. The molecule has 0 bridgehead atoms. The summed E-state index contributed by atoms with van der Waals surface area (Å²) in [6.07, 6.45) is 3.55. The minimum atomic E-state index is 0.100. The van der Waals surface area contributed by atoms with E-state index in [9.17, 15) is 0 Å². The van der Waals surface area contributed by atoms with Gasteiger partial charge in [0.15, 0.2) is 5.75 Å². The van der Waals surface area contributed by atoms with E-state index in [1.165, 1.54) is 0 Å². The second-order valence-electron chi connectivity index (χ2n) is 5.01. The fourth-order valence-electron chi connectivity index (χ4n) is 1.34. The molecule has 2 rings (SSSR count). The van der Waals surface area contributed by atoms with E-state index in [1.54, 1.807) is 22.2 Å². The maximum Gasteiger partial charge on any atom is 0.157 e. The first-order chi connectivity index (χ1) is 7.95. The van der Waals surface area contributed by atoms with Crippen LogP contribution in [0, 0.1) is 0 Å². The van der Waals surface area contributed by atoms with E-state index in [0.717, 1.165) is 16.5 Å². The topological polar surface area (TPSA) is 39.9 Å². The van der Waals surface area contributed by atoms with Crippen molar-refractivity contribution in [3.63, 3.8) is 0 Å². The van der Waals surface area contributed by atoms with Gasteiger partial charge in [-0.05, 0) is 0 Å². The lowest BCUT2D eigenvalue weighted by Crippen LogP contribution is -2.11. The molecule has 4 nitrogen and oxygen atoms in total. The summed E-state index contributed by atoms with van der Waals surface area (Å²) < 4.78 is 7.32. The number of rotatable bonds is 3. The Morgan fingerprint density at radius 1 is 1.41 bits per heavy atom. The summed E-state index contributed by atoms with van der Waals surface area (Å²) in [6, 6.07) is 0. The number of aryl methyl sites for hydroxylation is 1. The van der Waals surface area contributed by atoms with Crippen molar-refractivity contribution in [2.75, 3.05) is 0 Å². The summed E-state index contributed by atoms with van der Waals surface area (Å²) in [6.45, 7) is 6.99. The normalized spacial score (nSPS) is 11.8. The molecule has 0 saturated carbocycles. The zero-order valence-corrected chi connectivity index (χ0v) is 11.4. The van der Waals surface area contributed by atoms with Gasteiger partial charge < -0.3 is 4.74 Å². The quantitative estimate of drug-likeness (QED) is 0.842. The van der Waals surface area contributed by atoms with Crippen LogP contribution < -0.4 is 4.74 Å². The van der Waals surface area contributed by atoms with Gasteiger partial charge in [-0.15, -0.1) is 11.3 Å². The SMILES string of the molecule is Cn1cc(OCc2nc(C(C)(C)C)cs2)cn1. The van der Waals surface area contributed by atoms with Crippen LogP contribution in [-0.4, -0.2) is 14.8 Å². The first-order valence-corrected chi connectivity index (χ1v) is 6.39. The molecule has 0 aromatic carbocycles. The third-order valence-corrected chi connectivity index (χ3v) is 3.19. The molecule has 0 N–H and O–H groups in total. The molecule has 0 unspecified atom stereocenters. The van der Waals surface area contributed by atoms with E-state index in [1.807, 2.05) is 13.2 Å². The van der Waals surface area contributed by atoms with E-state index in [-0.39, 0.29) is 5.41 Å². The van der Waals surface area contributed by atoms with Crippen molar-refractivity contribution in [2.24, 2.45) is 7.05 Å². The number of nitrogens with zero attached hydrogens (tertiary/aromatic N) is 3. The van der Waals surface area contributed by atoms with Crippen molar-refractivity contribution in [1.82, 2.24) is 14.8 Å². The Hall–Kier alpha value is -1.36. The number of hydrogen-bond acceptors (Lipinski definition) is 4. The van der Waals surface area contributed by atoms with Gasteiger partial charge in [-0.3, -0.25) is 4.68 Å². The van der Waals surface area contributed by atoms with Crippen LogP contribution in [0.3, 0.4) is 0 Å². The molecule has 2 aromatic rings. The lowest BCUT2D eigenvalue weighted by atomic mass is 9.93. The van der Waals surface area contributed by atoms with Crippen LogP contribution in [-0.2, 0) is 19.1 Å². The number of aromatic nitrogens is 3. The Morgan fingerprint density at radius 3 is 2.71 bits per heavy atom. The Labute approximate surface area is 105 Å². The van der Waals surface area contributed by atoms with Crippen molar-refractivity contribution in [3.8, 4) is 5.75 Å². The second kappa shape index (κ2) is 4.49. The first kappa shape index (κ1) is 12.1. The predicted octanol–water partition coefficient (Wildman–Crippen LogP) is 2.75. The highest BCUT2D eigenvalue weighted by molar-refractivity contribution is 7.09. The average Bonchev–Trinajstić information content (AvgIpc) is 2.82. The largest absolute Gasteiger partial charge is 0.483 e. The zero-order chi connectivity index (χ0) is 12.5. The Kier molecular flexibility index (Phi) is 3.19. The van der Waals surface area contributed by atoms with Gasteiger partial charge >= 0.3 is 0 Å². The molecule has 0 saturated heterocycles. The summed E-state index contributed by atoms with van der Waals surface area (Å²) >= 11 is 1.64. The van der Waals surface area contributed by atoms with E-state index in [4.69, 9.17) is 4.74 Å². The molecular weight excluding hydrogens is 234 g/mol. The van der Waals surface area contributed by atoms with Crippen LogP contribution in [0.5, 0.6) is 5.75 Å². The van der Waals surface area contributed by atoms with Crippen LogP contribution in [0.2, 0.25) is 0 Å². The summed E-state index contributed by atoms with van der Waals surface area (Å²) in [5.74, 6) is 0.778. The van der Waals surface area contributed by atoms with Gasteiger partial charge in [0, 0.05) is 17.8 Å². The maximum atomic E-state index is 5.60. The third-order valence-electron chi connectivity index (χ3n) is 2.36. The van der Waals surface area contributed by atoms with Gasteiger partial charge in [-0.2, -0.15) is 5.10 Å². The molecule has 0 fully saturated rings. The second-order valence-corrected chi connectivity index (χ2v) is 5.96. The van der Waals surface area contributed by atoms with Gasteiger partial charge in [-0.1, -0.05) is 20.8 Å². The van der Waals surface area contributed by atoms with Crippen LogP contribution >= 0.6 is 11.3 Å². The number of thiazole rings is 1. The molecule has 0 aliphatic rings. The third kappa shape index (κ3) is 3.06. The molecule has 2 aromatic heterocycles. The first-order valence-electron chi connectivity index (χ1n) is 5.51. The van der Waals surface area contributed by atoms with Crippen molar-refractivity contribution >= 4 is 11.3 Å². The van der Waals surface area contributed by atoms with Crippen LogP contribution in [0.1, 0.15) is 31.5 Å². The van der Waals surface area contributed by atoms with Crippen molar-refractivity contribution in [2.45, 2.75) is 32.8 Å². The molecule has 5 heteroatoms. The fourth-order valence-corrected chi connectivity index (χ4v) is 2.27. The van der Waals surface area contributed by atoms with Gasteiger partial charge in [-0.25, -0.2) is 4.98 Å². The molecule has 92 valence electrons. The zero-order valence-electron chi connectivity index (χ0n) is 10.6. The highest BCUT2D eigenvalue weighted by Gasteiger charge is 2.17. The summed E-state index contributed by atoms with van der Waals surface area (Å²) in [7, 11) is 1.87.